The lowest BCUT2D eigenvalue weighted by atomic mass is 9.73. The van der Waals surface area contributed by atoms with Gasteiger partial charge in [0.05, 0.1) is 12.5 Å². The van der Waals surface area contributed by atoms with Crippen molar-refractivity contribution >= 4 is 17.5 Å². The molecule has 25 heavy (non-hydrogen) atoms. The number of methoxy groups -OCH3 is 1. The largest absolute Gasteiger partial charge is 0.497 e. The summed E-state index contributed by atoms with van der Waals surface area (Å²) in [7, 11) is 1.63. The number of benzene rings is 2. The molecule has 2 aromatic carbocycles. The van der Waals surface area contributed by atoms with Crippen LogP contribution in [0.3, 0.4) is 0 Å². The highest BCUT2D eigenvalue weighted by Crippen LogP contribution is 2.36. The number of halogens is 1. The molecule has 1 aliphatic heterocycles. The van der Waals surface area contributed by atoms with Gasteiger partial charge in [-0.05, 0) is 42.2 Å². The first kappa shape index (κ1) is 17.8. The Balaban J connectivity index is 1.81. The molecule has 1 heterocycles. The van der Waals surface area contributed by atoms with Gasteiger partial charge in [0, 0.05) is 24.8 Å². The molecule has 0 unspecified atom stereocenters. The van der Waals surface area contributed by atoms with E-state index in [1.807, 2.05) is 48.5 Å². The molecule has 2 aromatic rings. The van der Waals surface area contributed by atoms with E-state index in [9.17, 15) is 4.79 Å². The van der Waals surface area contributed by atoms with Crippen molar-refractivity contribution in [2.45, 2.75) is 24.8 Å². The third-order valence-electron chi connectivity index (χ3n) is 4.82. The fraction of sp³-hybridized carbons (Fsp3) is 0.350. The fourth-order valence-electron chi connectivity index (χ4n) is 3.26. The van der Waals surface area contributed by atoms with Crippen molar-refractivity contribution in [2.24, 2.45) is 0 Å². The predicted molar refractivity (Wildman–Crippen MR) is 98.0 cm³/mol. The van der Waals surface area contributed by atoms with E-state index in [-0.39, 0.29) is 5.91 Å². The van der Waals surface area contributed by atoms with E-state index in [0.717, 1.165) is 16.9 Å². The number of ether oxygens (including phenoxy) is 2. The molecule has 1 saturated heterocycles. The number of nitrogens with one attached hydrogen (secondary N) is 1. The summed E-state index contributed by atoms with van der Waals surface area (Å²) in [5.74, 6) is 0.795. The number of hydrogen-bond donors (Lipinski definition) is 1. The second kappa shape index (κ2) is 7.89. The highest BCUT2D eigenvalue weighted by atomic mass is 35.5. The summed E-state index contributed by atoms with van der Waals surface area (Å²) in [6, 6.07) is 15.3. The van der Waals surface area contributed by atoms with Gasteiger partial charge in [-0.3, -0.25) is 4.79 Å². The Morgan fingerprint density at radius 1 is 1.16 bits per heavy atom. The van der Waals surface area contributed by atoms with E-state index in [1.165, 1.54) is 0 Å². The highest BCUT2D eigenvalue weighted by Gasteiger charge is 2.41. The van der Waals surface area contributed by atoms with Crippen LogP contribution in [-0.4, -0.2) is 26.2 Å². The SMILES string of the molecule is COc1ccc(C2(C(=O)NCc3ccccc3Cl)CCOCC2)cc1. The van der Waals surface area contributed by atoms with E-state index in [0.29, 0.717) is 37.6 Å². The van der Waals surface area contributed by atoms with Crippen LogP contribution in [0.5, 0.6) is 5.75 Å². The van der Waals surface area contributed by atoms with Crippen LogP contribution < -0.4 is 10.1 Å². The first-order valence-corrected chi connectivity index (χ1v) is 8.77. The van der Waals surface area contributed by atoms with Gasteiger partial charge in [-0.1, -0.05) is 41.9 Å². The fourth-order valence-corrected chi connectivity index (χ4v) is 3.47. The summed E-state index contributed by atoms with van der Waals surface area (Å²) >= 11 is 6.19. The Morgan fingerprint density at radius 3 is 2.48 bits per heavy atom. The maximum absolute atomic E-state index is 13.1. The highest BCUT2D eigenvalue weighted by molar-refractivity contribution is 6.31. The van der Waals surface area contributed by atoms with Gasteiger partial charge in [-0.15, -0.1) is 0 Å². The Morgan fingerprint density at radius 2 is 1.84 bits per heavy atom. The molecular weight excluding hydrogens is 338 g/mol. The number of rotatable bonds is 5. The predicted octanol–water partition coefficient (Wildman–Crippen LogP) is 3.71. The molecule has 1 amide bonds. The summed E-state index contributed by atoms with van der Waals surface area (Å²) in [5.41, 5.74) is 1.33. The molecule has 0 aromatic heterocycles. The third kappa shape index (κ3) is 3.80. The van der Waals surface area contributed by atoms with E-state index in [2.05, 4.69) is 5.32 Å². The number of carbonyl (C=O) groups is 1. The van der Waals surface area contributed by atoms with Crippen molar-refractivity contribution < 1.29 is 14.3 Å². The number of amides is 1. The molecule has 0 atom stereocenters. The van der Waals surface area contributed by atoms with Crippen molar-refractivity contribution in [1.29, 1.82) is 0 Å². The number of carbonyl (C=O) groups excluding carboxylic acids is 1. The lowest BCUT2D eigenvalue weighted by Crippen LogP contribution is -2.47. The van der Waals surface area contributed by atoms with Crippen molar-refractivity contribution in [1.82, 2.24) is 5.32 Å². The maximum Gasteiger partial charge on any atom is 0.231 e. The monoisotopic (exact) mass is 359 g/mol. The van der Waals surface area contributed by atoms with Crippen molar-refractivity contribution in [3.63, 3.8) is 0 Å². The molecule has 5 heteroatoms. The van der Waals surface area contributed by atoms with Crippen LogP contribution in [0.2, 0.25) is 5.02 Å². The van der Waals surface area contributed by atoms with Gasteiger partial charge in [0.25, 0.3) is 0 Å². The smallest absolute Gasteiger partial charge is 0.231 e. The van der Waals surface area contributed by atoms with Gasteiger partial charge in [0.15, 0.2) is 0 Å². The van der Waals surface area contributed by atoms with Gasteiger partial charge < -0.3 is 14.8 Å². The lowest BCUT2D eigenvalue weighted by molar-refractivity contribution is -0.130. The molecule has 0 radical (unpaired) electrons. The minimum absolute atomic E-state index is 0.0147. The summed E-state index contributed by atoms with van der Waals surface area (Å²) in [6.07, 6.45) is 1.32. The normalized spacial score (nSPS) is 16.2. The van der Waals surface area contributed by atoms with Gasteiger partial charge in [-0.2, -0.15) is 0 Å². The summed E-state index contributed by atoms with van der Waals surface area (Å²) in [4.78, 5) is 13.1. The van der Waals surface area contributed by atoms with E-state index < -0.39 is 5.41 Å². The van der Waals surface area contributed by atoms with Gasteiger partial charge in [0.1, 0.15) is 5.75 Å². The Bertz CT molecular complexity index is 724. The average Bonchev–Trinajstić information content (AvgIpc) is 2.67. The average molecular weight is 360 g/mol. The van der Waals surface area contributed by atoms with Crippen LogP contribution in [0.15, 0.2) is 48.5 Å². The molecule has 0 bridgehead atoms. The van der Waals surface area contributed by atoms with Crippen LogP contribution in [0.25, 0.3) is 0 Å². The zero-order valence-corrected chi connectivity index (χ0v) is 15.0. The molecular formula is C20H22ClNO3. The molecule has 1 aliphatic rings. The van der Waals surface area contributed by atoms with Crippen LogP contribution in [-0.2, 0) is 21.5 Å². The Hall–Kier alpha value is -2.04. The van der Waals surface area contributed by atoms with Crippen molar-refractivity contribution in [3.8, 4) is 5.75 Å². The summed E-state index contributed by atoms with van der Waals surface area (Å²) in [5, 5.41) is 3.73. The quantitative estimate of drug-likeness (QED) is 0.885. The van der Waals surface area contributed by atoms with Crippen LogP contribution in [0, 0.1) is 0 Å². The van der Waals surface area contributed by atoms with E-state index in [4.69, 9.17) is 21.1 Å². The van der Waals surface area contributed by atoms with Crippen LogP contribution >= 0.6 is 11.6 Å². The maximum atomic E-state index is 13.1. The molecule has 0 spiro atoms. The minimum atomic E-state index is -0.578. The Labute approximate surface area is 153 Å². The van der Waals surface area contributed by atoms with Gasteiger partial charge in [-0.25, -0.2) is 0 Å². The van der Waals surface area contributed by atoms with Crippen LogP contribution in [0.4, 0.5) is 0 Å². The molecule has 1 N–H and O–H groups in total. The second-order valence-electron chi connectivity index (χ2n) is 6.20. The topological polar surface area (TPSA) is 47.6 Å². The lowest BCUT2D eigenvalue weighted by Gasteiger charge is -2.36. The number of hydrogen-bond acceptors (Lipinski definition) is 3. The molecule has 1 fully saturated rings. The van der Waals surface area contributed by atoms with Crippen molar-refractivity contribution in [3.05, 3.63) is 64.7 Å². The minimum Gasteiger partial charge on any atom is -0.497 e. The molecule has 3 rings (SSSR count). The summed E-state index contributed by atoms with van der Waals surface area (Å²) < 4.78 is 10.7. The van der Waals surface area contributed by atoms with Crippen LogP contribution in [0.1, 0.15) is 24.0 Å². The molecule has 4 nitrogen and oxygen atoms in total. The Kier molecular flexibility index (Phi) is 5.61. The standard InChI is InChI=1S/C20H22ClNO3/c1-24-17-8-6-16(7-9-17)20(10-12-25-13-11-20)19(23)22-14-15-4-2-3-5-18(15)21/h2-9H,10-14H2,1H3,(H,22,23). The van der Waals surface area contributed by atoms with Gasteiger partial charge in [0.2, 0.25) is 5.91 Å². The van der Waals surface area contributed by atoms with Crippen molar-refractivity contribution in [2.75, 3.05) is 20.3 Å². The second-order valence-corrected chi connectivity index (χ2v) is 6.60. The zero-order chi connectivity index (χ0) is 17.7. The molecule has 132 valence electrons. The summed E-state index contributed by atoms with van der Waals surface area (Å²) in [6.45, 7) is 1.56. The first-order valence-electron chi connectivity index (χ1n) is 8.40. The molecule has 0 aliphatic carbocycles. The third-order valence-corrected chi connectivity index (χ3v) is 5.19. The van der Waals surface area contributed by atoms with Gasteiger partial charge >= 0.3 is 0 Å². The first-order chi connectivity index (χ1) is 12.2. The van der Waals surface area contributed by atoms with E-state index >= 15 is 0 Å². The molecule has 0 saturated carbocycles. The zero-order valence-electron chi connectivity index (χ0n) is 14.3. The van der Waals surface area contributed by atoms with E-state index in [1.54, 1.807) is 7.11 Å².